The van der Waals surface area contributed by atoms with E-state index in [1.54, 1.807) is 7.05 Å². The second-order valence-corrected chi connectivity index (χ2v) is 7.28. The highest BCUT2D eigenvalue weighted by Crippen LogP contribution is 2.21. The largest absolute Gasteiger partial charge is 0.352 e. The summed E-state index contributed by atoms with van der Waals surface area (Å²) in [6.45, 7) is 2.64. The number of hydrogen-bond donors (Lipinski definition) is 2. The number of carbonyl (C=O) groups excluding carboxylic acids is 1. The first-order valence-electron chi connectivity index (χ1n) is 10.0. The van der Waals surface area contributed by atoms with E-state index in [1.165, 1.54) is 11.1 Å². The Balaban J connectivity index is 1.37. The topological polar surface area (TPSA) is 56.7 Å². The molecule has 2 N–H and O–H groups in total. The number of benzene rings is 2. The number of likely N-dealkylation sites (tertiary alicyclic amines) is 1. The van der Waals surface area contributed by atoms with Crippen LogP contribution in [0.1, 0.15) is 24.0 Å². The van der Waals surface area contributed by atoms with Crippen molar-refractivity contribution in [3.05, 3.63) is 71.8 Å². The fourth-order valence-corrected chi connectivity index (χ4v) is 3.61. The van der Waals surface area contributed by atoms with Crippen molar-refractivity contribution in [2.45, 2.75) is 25.8 Å². The van der Waals surface area contributed by atoms with E-state index in [4.69, 9.17) is 0 Å². The summed E-state index contributed by atoms with van der Waals surface area (Å²) >= 11 is 0. The Morgan fingerprint density at radius 2 is 1.57 bits per heavy atom. The molecule has 0 aliphatic carbocycles. The highest BCUT2D eigenvalue weighted by Gasteiger charge is 2.22. The molecule has 1 saturated heterocycles. The van der Waals surface area contributed by atoms with E-state index in [2.05, 4.69) is 58.1 Å². The molecule has 0 bridgehead atoms. The molecule has 28 heavy (non-hydrogen) atoms. The van der Waals surface area contributed by atoms with Crippen LogP contribution in [0, 0.1) is 5.92 Å². The maximum absolute atomic E-state index is 12.5. The average molecular weight is 379 g/mol. The first-order chi connectivity index (χ1) is 13.7. The van der Waals surface area contributed by atoms with E-state index < -0.39 is 0 Å². The summed E-state index contributed by atoms with van der Waals surface area (Å²) in [7, 11) is 1.72. The van der Waals surface area contributed by atoms with E-state index in [0.717, 1.165) is 32.4 Å². The zero-order valence-corrected chi connectivity index (χ0v) is 16.6. The number of guanidine groups is 1. The van der Waals surface area contributed by atoms with Crippen molar-refractivity contribution in [3.63, 3.8) is 0 Å². The smallest absolute Gasteiger partial charge is 0.241 e. The number of piperidine rings is 1. The predicted molar refractivity (Wildman–Crippen MR) is 114 cm³/mol. The van der Waals surface area contributed by atoms with Gasteiger partial charge in [-0.25, -0.2) is 0 Å². The van der Waals surface area contributed by atoms with Gasteiger partial charge < -0.3 is 15.5 Å². The fraction of sp³-hybridized carbons (Fsp3) is 0.391. The number of rotatable bonds is 6. The van der Waals surface area contributed by atoms with Crippen molar-refractivity contribution in [2.75, 3.05) is 26.7 Å². The molecule has 3 rings (SSSR count). The van der Waals surface area contributed by atoms with Crippen molar-refractivity contribution < 1.29 is 4.79 Å². The molecule has 1 fully saturated rings. The molecule has 5 heteroatoms. The number of carbonyl (C=O) groups is 1. The molecule has 0 unspecified atom stereocenters. The van der Waals surface area contributed by atoms with E-state index >= 15 is 0 Å². The first kappa shape index (κ1) is 19.9. The molecule has 0 atom stereocenters. The van der Waals surface area contributed by atoms with Crippen LogP contribution in [0.2, 0.25) is 0 Å². The second kappa shape index (κ2) is 10.5. The summed E-state index contributed by atoms with van der Waals surface area (Å²) < 4.78 is 0. The molecule has 2 aromatic rings. The lowest BCUT2D eigenvalue weighted by Gasteiger charge is -2.32. The second-order valence-electron chi connectivity index (χ2n) is 7.28. The van der Waals surface area contributed by atoms with Gasteiger partial charge in [0.1, 0.15) is 0 Å². The van der Waals surface area contributed by atoms with Gasteiger partial charge in [0.15, 0.2) is 5.96 Å². The van der Waals surface area contributed by atoms with Crippen molar-refractivity contribution in [1.29, 1.82) is 0 Å². The van der Waals surface area contributed by atoms with Crippen LogP contribution in [0.15, 0.2) is 65.7 Å². The van der Waals surface area contributed by atoms with E-state index in [1.807, 2.05) is 23.1 Å². The van der Waals surface area contributed by atoms with Gasteiger partial charge in [0.25, 0.3) is 0 Å². The number of nitrogens with one attached hydrogen (secondary N) is 2. The van der Waals surface area contributed by atoms with Crippen LogP contribution in [0.25, 0.3) is 0 Å². The zero-order valence-electron chi connectivity index (χ0n) is 16.6. The lowest BCUT2D eigenvalue weighted by atomic mass is 9.90. The van der Waals surface area contributed by atoms with Gasteiger partial charge in [-0.05, 0) is 36.3 Å². The molecule has 1 aliphatic heterocycles. The fourth-order valence-electron chi connectivity index (χ4n) is 3.61. The Morgan fingerprint density at radius 3 is 2.18 bits per heavy atom. The molecule has 1 amide bonds. The third-order valence-corrected chi connectivity index (χ3v) is 5.27. The Morgan fingerprint density at radius 1 is 0.964 bits per heavy atom. The van der Waals surface area contributed by atoms with Crippen molar-refractivity contribution in [2.24, 2.45) is 10.9 Å². The third kappa shape index (κ3) is 6.12. The molecular weight excluding hydrogens is 348 g/mol. The van der Waals surface area contributed by atoms with Gasteiger partial charge in [0.2, 0.25) is 5.91 Å². The van der Waals surface area contributed by atoms with Gasteiger partial charge in [0, 0.05) is 26.7 Å². The normalized spacial score (nSPS) is 15.3. The van der Waals surface area contributed by atoms with E-state index in [-0.39, 0.29) is 12.5 Å². The molecule has 0 spiro atoms. The Labute approximate surface area is 167 Å². The summed E-state index contributed by atoms with van der Waals surface area (Å²) in [6.07, 6.45) is 3.25. The van der Waals surface area contributed by atoms with Crippen molar-refractivity contribution in [3.8, 4) is 0 Å². The lowest BCUT2D eigenvalue weighted by Crippen LogP contribution is -2.46. The molecule has 0 aromatic heterocycles. The lowest BCUT2D eigenvalue weighted by molar-refractivity contribution is -0.131. The van der Waals surface area contributed by atoms with Gasteiger partial charge >= 0.3 is 0 Å². The van der Waals surface area contributed by atoms with Crippen LogP contribution in [-0.2, 0) is 17.8 Å². The molecule has 2 aromatic carbocycles. The van der Waals surface area contributed by atoms with Crippen molar-refractivity contribution in [1.82, 2.24) is 15.5 Å². The average Bonchev–Trinajstić information content (AvgIpc) is 2.75. The Hall–Kier alpha value is -2.82. The first-order valence-corrected chi connectivity index (χ1v) is 10.0. The summed E-state index contributed by atoms with van der Waals surface area (Å²) in [5.41, 5.74) is 2.57. The number of amides is 1. The molecule has 148 valence electrons. The van der Waals surface area contributed by atoms with Gasteiger partial charge in [-0.3, -0.25) is 9.79 Å². The molecule has 1 aliphatic rings. The maximum atomic E-state index is 12.5. The molecule has 5 nitrogen and oxygen atoms in total. The van der Waals surface area contributed by atoms with E-state index in [9.17, 15) is 4.79 Å². The number of aliphatic imine (C=N–C) groups is 1. The Kier molecular flexibility index (Phi) is 7.47. The molecular formula is C23H30N4O. The van der Waals surface area contributed by atoms with Crippen LogP contribution in [0.3, 0.4) is 0 Å². The molecule has 0 saturated carbocycles. The van der Waals surface area contributed by atoms with Crippen LogP contribution in [0.4, 0.5) is 0 Å². The van der Waals surface area contributed by atoms with Gasteiger partial charge in [0.05, 0.1) is 6.54 Å². The highest BCUT2D eigenvalue weighted by atomic mass is 16.2. The number of nitrogens with zero attached hydrogens (tertiary/aromatic N) is 2. The van der Waals surface area contributed by atoms with Crippen LogP contribution in [0.5, 0.6) is 0 Å². The Bertz CT molecular complexity index is 753. The van der Waals surface area contributed by atoms with Gasteiger partial charge in [-0.1, -0.05) is 60.7 Å². The zero-order chi connectivity index (χ0) is 19.6. The minimum atomic E-state index is 0.140. The molecule has 0 radical (unpaired) electrons. The van der Waals surface area contributed by atoms with Crippen molar-refractivity contribution >= 4 is 11.9 Å². The predicted octanol–water partition coefficient (Wildman–Crippen LogP) is 2.83. The summed E-state index contributed by atoms with van der Waals surface area (Å²) in [5.74, 6) is 1.46. The van der Waals surface area contributed by atoms with Gasteiger partial charge in [-0.2, -0.15) is 0 Å². The number of hydrogen-bond acceptors (Lipinski definition) is 2. The standard InChI is InChI=1S/C23H30N4O/c1-24-23(25-17-21-10-6-3-7-11-21)26-18-22(28)27-14-12-20(13-15-27)16-19-8-4-2-5-9-19/h2-11,20H,12-18H2,1H3,(H2,24,25,26). The third-order valence-electron chi connectivity index (χ3n) is 5.27. The van der Waals surface area contributed by atoms with Crippen LogP contribution < -0.4 is 10.6 Å². The van der Waals surface area contributed by atoms with E-state index in [0.29, 0.717) is 18.4 Å². The summed E-state index contributed by atoms with van der Waals surface area (Å²) in [4.78, 5) is 18.7. The van der Waals surface area contributed by atoms with Crippen LogP contribution in [-0.4, -0.2) is 43.4 Å². The molecule has 1 heterocycles. The SMILES string of the molecule is CN=C(NCC(=O)N1CCC(Cc2ccccc2)CC1)NCc1ccccc1. The minimum Gasteiger partial charge on any atom is -0.352 e. The minimum absolute atomic E-state index is 0.140. The summed E-state index contributed by atoms with van der Waals surface area (Å²) in [6, 6.07) is 20.8. The quantitative estimate of drug-likeness (QED) is 0.600. The summed E-state index contributed by atoms with van der Waals surface area (Å²) in [5, 5.41) is 6.38. The van der Waals surface area contributed by atoms with Gasteiger partial charge in [-0.15, -0.1) is 0 Å². The highest BCUT2D eigenvalue weighted by molar-refractivity contribution is 5.86. The maximum Gasteiger partial charge on any atom is 0.241 e. The monoisotopic (exact) mass is 378 g/mol. The van der Waals surface area contributed by atoms with Crippen LogP contribution >= 0.6 is 0 Å².